The molecule has 0 heterocycles. The largest absolute Gasteiger partial charge is 0.478 e. The van der Waals surface area contributed by atoms with Crippen molar-refractivity contribution in [2.45, 2.75) is 13.0 Å². The number of aldehydes is 1. The Morgan fingerprint density at radius 1 is 1.47 bits per heavy atom. The standard InChI is InChI=1S/C11H12N2O3S/c1-7(6-14)12-11(17)13-9-5-3-2-4-8(9)10(15)16/h2-7H,1H3,(H,15,16)(H2,12,13,17). The van der Waals surface area contributed by atoms with Crippen molar-refractivity contribution in [1.82, 2.24) is 5.32 Å². The molecule has 17 heavy (non-hydrogen) atoms. The number of rotatable bonds is 4. The van der Waals surface area contributed by atoms with Gasteiger partial charge in [-0.2, -0.15) is 0 Å². The smallest absolute Gasteiger partial charge is 0.337 e. The fourth-order valence-electron chi connectivity index (χ4n) is 1.18. The van der Waals surface area contributed by atoms with E-state index in [0.717, 1.165) is 0 Å². The second kappa shape index (κ2) is 5.95. The Kier molecular flexibility index (Phi) is 4.59. The van der Waals surface area contributed by atoms with Crippen molar-refractivity contribution in [2.24, 2.45) is 0 Å². The van der Waals surface area contributed by atoms with Crippen molar-refractivity contribution in [1.29, 1.82) is 0 Å². The molecule has 1 aromatic carbocycles. The van der Waals surface area contributed by atoms with Gasteiger partial charge in [0.15, 0.2) is 5.11 Å². The van der Waals surface area contributed by atoms with Crippen LogP contribution in [0.3, 0.4) is 0 Å². The molecule has 90 valence electrons. The van der Waals surface area contributed by atoms with E-state index in [0.29, 0.717) is 12.0 Å². The molecule has 0 amide bonds. The Hall–Kier alpha value is -1.95. The highest BCUT2D eigenvalue weighted by molar-refractivity contribution is 7.80. The Morgan fingerprint density at radius 3 is 2.71 bits per heavy atom. The summed E-state index contributed by atoms with van der Waals surface area (Å²) in [6, 6.07) is 5.96. The minimum Gasteiger partial charge on any atom is -0.478 e. The number of carboxylic acids is 1. The van der Waals surface area contributed by atoms with Crippen molar-refractivity contribution in [2.75, 3.05) is 5.32 Å². The molecule has 0 aliphatic carbocycles. The van der Waals surface area contributed by atoms with Gasteiger partial charge in [-0.05, 0) is 31.3 Å². The first kappa shape index (κ1) is 13.1. The topological polar surface area (TPSA) is 78.4 Å². The van der Waals surface area contributed by atoms with Crippen LogP contribution in [-0.2, 0) is 4.79 Å². The summed E-state index contributed by atoms with van der Waals surface area (Å²) in [5.74, 6) is -1.04. The van der Waals surface area contributed by atoms with Gasteiger partial charge in [0.2, 0.25) is 0 Å². The summed E-state index contributed by atoms with van der Waals surface area (Å²) in [7, 11) is 0. The van der Waals surface area contributed by atoms with Gasteiger partial charge in [0.25, 0.3) is 0 Å². The van der Waals surface area contributed by atoms with Gasteiger partial charge < -0.3 is 20.5 Å². The lowest BCUT2D eigenvalue weighted by atomic mass is 10.2. The molecule has 1 atom stereocenters. The molecule has 0 saturated heterocycles. The summed E-state index contributed by atoms with van der Waals surface area (Å²) >= 11 is 4.95. The molecule has 0 fully saturated rings. The monoisotopic (exact) mass is 252 g/mol. The third-order valence-electron chi connectivity index (χ3n) is 1.97. The molecule has 0 spiro atoms. The molecule has 5 nitrogen and oxygen atoms in total. The third-order valence-corrected chi connectivity index (χ3v) is 2.19. The number of para-hydroxylation sites is 1. The van der Waals surface area contributed by atoms with Crippen LogP contribution in [0.25, 0.3) is 0 Å². The third kappa shape index (κ3) is 3.84. The predicted molar refractivity (Wildman–Crippen MR) is 68.3 cm³/mol. The molecule has 0 radical (unpaired) electrons. The number of carboxylic acid groups (broad SMARTS) is 1. The zero-order chi connectivity index (χ0) is 12.8. The predicted octanol–water partition coefficient (Wildman–Crippen LogP) is 1.26. The normalized spacial score (nSPS) is 11.4. The average Bonchev–Trinajstić information content (AvgIpc) is 2.29. The van der Waals surface area contributed by atoms with Crippen molar-refractivity contribution < 1.29 is 14.7 Å². The lowest BCUT2D eigenvalue weighted by Crippen LogP contribution is -2.37. The molecule has 1 rings (SSSR count). The number of carbonyl (C=O) groups excluding carboxylic acids is 1. The summed E-state index contributed by atoms with van der Waals surface area (Å²) in [6.45, 7) is 1.64. The summed E-state index contributed by atoms with van der Waals surface area (Å²) in [5.41, 5.74) is 0.506. The number of benzene rings is 1. The van der Waals surface area contributed by atoms with Crippen LogP contribution >= 0.6 is 12.2 Å². The van der Waals surface area contributed by atoms with Crippen LogP contribution in [0.15, 0.2) is 24.3 Å². The fraction of sp³-hybridized carbons (Fsp3) is 0.182. The van der Waals surface area contributed by atoms with Crippen LogP contribution in [0.4, 0.5) is 5.69 Å². The molecule has 6 heteroatoms. The average molecular weight is 252 g/mol. The SMILES string of the molecule is CC(C=O)NC(=S)Nc1ccccc1C(=O)O. The first-order valence-corrected chi connectivity index (χ1v) is 5.30. The summed E-state index contributed by atoms with van der Waals surface area (Å²) in [5, 5.41) is 14.6. The Bertz CT molecular complexity index is 448. The van der Waals surface area contributed by atoms with E-state index in [2.05, 4.69) is 10.6 Å². The van der Waals surface area contributed by atoms with E-state index in [1.54, 1.807) is 25.1 Å². The van der Waals surface area contributed by atoms with Gasteiger partial charge in [0.1, 0.15) is 6.29 Å². The van der Waals surface area contributed by atoms with Gasteiger partial charge in [-0.15, -0.1) is 0 Å². The number of nitrogens with one attached hydrogen (secondary N) is 2. The van der Waals surface area contributed by atoms with Crippen molar-refractivity contribution in [3.63, 3.8) is 0 Å². The number of hydrogen-bond acceptors (Lipinski definition) is 3. The maximum Gasteiger partial charge on any atom is 0.337 e. The quantitative estimate of drug-likeness (QED) is 0.553. The van der Waals surface area contributed by atoms with E-state index in [1.807, 2.05) is 0 Å². The minimum atomic E-state index is -1.04. The van der Waals surface area contributed by atoms with Gasteiger partial charge in [0.05, 0.1) is 17.3 Å². The van der Waals surface area contributed by atoms with Crippen LogP contribution in [0, 0.1) is 0 Å². The first-order valence-electron chi connectivity index (χ1n) is 4.89. The summed E-state index contributed by atoms with van der Waals surface area (Å²) < 4.78 is 0. The second-order valence-corrected chi connectivity index (χ2v) is 3.78. The van der Waals surface area contributed by atoms with Crippen LogP contribution in [-0.4, -0.2) is 28.5 Å². The lowest BCUT2D eigenvalue weighted by Gasteiger charge is -2.13. The molecule has 0 saturated carbocycles. The van der Waals surface area contributed by atoms with E-state index in [-0.39, 0.29) is 10.7 Å². The van der Waals surface area contributed by atoms with Gasteiger partial charge >= 0.3 is 5.97 Å². The second-order valence-electron chi connectivity index (χ2n) is 3.37. The van der Waals surface area contributed by atoms with E-state index in [9.17, 15) is 9.59 Å². The number of anilines is 1. The molecular weight excluding hydrogens is 240 g/mol. The summed E-state index contributed by atoms with van der Waals surface area (Å²) in [6.07, 6.45) is 0.705. The van der Waals surface area contributed by atoms with E-state index >= 15 is 0 Å². The molecule has 1 unspecified atom stereocenters. The number of carbonyl (C=O) groups is 2. The number of thiocarbonyl (C=S) groups is 1. The Labute approximate surface area is 104 Å². The molecule has 0 bridgehead atoms. The zero-order valence-corrected chi connectivity index (χ0v) is 9.95. The Balaban J connectivity index is 2.78. The zero-order valence-electron chi connectivity index (χ0n) is 9.14. The molecule has 1 aromatic rings. The number of hydrogen-bond donors (Lipinski definition) is 3. The minimum absolute atomic E-state index is 0.121. The van der Waals surface area contributed by atoms with Crippen LogP contribution in [0.1, 0.15) is 17.3 Å². The van der Waals surface area contributed by atoms with Crippen LogP contribution < -0.4 is 10.6 Å². The van der Waals surface area contributed by atoms with Crippen molar-refractivity contribution in [3.05, 3.63) is 29.8 Å². The maximum absolute atomic E-state index is 10.9. The first-order chi connectivity index (χ1) is 8.04. The number of aromatic carboxylic acids is 1. The molecule has 0 aliphatic heterocycles. The molecular formula is C11H12N2O3S. The molecule has 0 aromatic heterocycles. The van der Waals surface area contributed by atoms with Gasteiger partial charge in [-0.1, -0.05) is 12.1 Å². The molecule has 3 N–H and O–H groups in total. The van der Waals surface area contributed by atoms with Crippen LogP contribution in [0.5, 0.6) is 0 Å². The van der Waals surface area contributed by atoms with E-state index in [1.165, 1.54) is 6.07 Å². The van der Waals surface area contributed by atoms with Crippen molar-refractivity contribution in [3.8, 4) is 0 Å². The van der Waals surface area contributed by atoms with Crippen LogP contribution in [0.2, 0.25) is 0 Å². The highest BCUT2D eigenvalue weighted by Crippen LogP contribution is 2.14. The highest BCUT2D eigenvalue weighted by Gasteiger charge is 2.10. The van der Waals surface area contributed by atoms with Crippen molar-refractivity contribution >= 4 is 35.3 Å². The molecule has 0 aliphatic rings. The highest BCUT2D eigenvalue weighted by atomic mass is 32.1. The Morgan fingerprint density at radius 2 is 2.12 bits per heavy atom. The van der Waals surface area contributed by atoms with Gasteiger partial charge in [-0.25, -0.2) is 4.79 Å². The lowest BCUT2D eigenvalue weighted by molar-refractivity contribution is -0.108. The fourth-order valence-corrected chi connectivity index (χ4v) is 1.47. The van der Waals surface area contributed by atoms with Gasteiger partial charge in [-0.3, -0.25) is 0 Å². The van der Waals surface area contributed by atoms with E-state index < -0.39 is 12.0 Å². The summed E-state index contributed by atoms with van der Waals surface area (Å²) in [4.78, 5) is 21.3. The maximum atomic E-state index is 10.9. The van der Waals surface area contributed by atoms with Gasteiger partial charge in [0, 0.05) is 0 Å². The van der Waals surface area contributed by atoms with E-state index in [4.69, 9.17) is 17.3 Å².